The molecule has 2 rings (SSSR count). The predicted molar refractivity (Wildman–Crippen MR) is 78.0 cm³/mol. The third-order valence-electron chi connectivity index (χ3n) is 3.17. The number of benzene rings is 1. The van der Waals surface area contributed by atoms with Gasteiger partial charge in [-0.05, 0) is 19.4 Å². The Morgan fingerprint density at radius 2 is 2.19 bits per heavy atom. The number of fused-ring (bicyclic) bond motifs is 1. The van der Waals surface area contributed by atoms with Gasteiger partial charge in [0.05, 0.1) is 25.2 Å². The minimum Gasteiger partial charge on any atom is -0.507 e. The van der Waals surface area contributed by atoms with Crippen LogP contribution in [0, 0.1) is 0 Å². The zero-order valence-electron chi connectivity index (χ0n) is 11.9. The van der Waals surface area contributed by atoms with Crippen molar-refractivity contribution in [1.29, 1.82) is 0 Å². The van der Waals surface area contributed by atoms with E-state index in [1.807, 2.05) is 0 Å². The van der Waals surface area contributed by atoms with E-state index in [-0.39, 0.29) is 29.3 Å². The Bertz CT molecular complexity index is 724. The maximum atomic E-state index is 12.3. The maximum Gasteiger partial charge on any atom is 0.177 e. The fourth-order valence-electron chi connectivity index (χ4n) is 2.34. The highest BCUT2D eigenvalue weighted by atomic mass is 16.5. The number of methoxy groups -OCH3 is 1. The van der Waals surface area contributed by atoms with Gasteiger partial charge in [-0.15, -0.1) is 6.58 Å². The van der Waals surface area contributed by atoms with E-state index in [9.17, 15) is 14.7 Å². The van der Waals surface area contributed by atoms with E-state index in [4.69, 9.17) is 9.15 Å². The molecule has 0 aliphatic rings. The van der Waals surface area contributed by atoms with Crippen LogP contribution in [-0.4, -0.2) is 23.8 Å². The van der Waals surface area contributed by atoms with Gasteiger partial charge < -0.3 is 14.3 Å². The summed E-state index contributed by atoms with van der Waals surface area (Å²) in [6.07, 6.45) is 3.10. The molecule has 0 aliphatic heterocycles. The second-order valence-electron chi connectivity index (χ2n) is 4.69. The summed E-state index contributed by atoms with van der Waals surface area (Å²) in [4.78, 5) is 23.4. The number of aromatic hydroxyl groups is 1. The SMILES string of the molecule is C=CCc1c(O)c(C(=O)CC(C)=O)c(OC)c2ccoc12. The molecule has 2 aromatic rings. The lowest BCUT2D eigenvalue weighted by Crippen LogP contribution is -2.08. The number of carbonyl (C=O) groups is 2. The first-order valence-corrected chi connectivity index (χ1v) is 6.43. The maximum absolute atomic E-state index is 12.3. The largest absolute Gasteiger partial charge is 0.507 e. The van der Waals surface area contributed by atoms with E-state index in [1.165, 1.54) is 20.3 Å². The Morgan fingerprint density at radius 3 is 2.76 bits per heavy atom. The Kier molecular flexibility index (Phi) is 4.12. The monoisotopic (exact) mass is 288 g/mol. The third kappa shape index (κ3) is 2.54. The van der Waals surface area contributed by atoms with E-state index in [0.717, 1.165) is 0 Å². The summed E-state index contributed by atoms with van der Waals surface area (Å²) in [6, 6.07) is 1.66. The lowest BCUT2D eigenvalue weighted by Gasteiger charge is -2.14. The average Bonchev–Trinajstić information content (AvgIpc) is 2.89. The van der Waals surface area contributed by atoms with E-state index in [2.05, 4.69) is 6.58 Å². The molecule has 110 valence electrons. The Morgan fingerprint density at radius 1 is 1.48 bits per heavy atom. The molecule has 1 aromatic carbocycles. The molecule has 1 heterocycles. The number of rotatable bonds is 6. The number of ketones is 2. The molecular formula is C16H16O5. The summed E-state index contributed by atoms with van der Waals surface area (Å²) < 4.78 is 10.6. The highest BCUT2D eigenvalue weighted by molar-refractivity contribution is 6.13. The van der Waals surface area contributed by atoms with Crippen molar-refractivity contribution in [3.8, 4) is 11.5 Å². The highest BCUT2D eigenvalue weighted by Crippen LogP contribution is 2.41. The number of carbonyl (C=O) groups excluding carboxylic acids is 2. The van der Waals surface area contributed by atoms with Gasteiger partial charge in [0.1, 0.15) is 28.4 Å². The summed E-state index contributed by atoms with van der Waals surface area (Å²) in [7, 11) is 1.40. The number of Topliss-reactive ketones (excluding diaryl/α,β-unsaturated/α-hetero) is 2. The van der Waals surface area contributed by atoms with Crippen LogP contribution >= 0.6 is 0 Å². The molecular weight excluding hydrogens is 272 g/mol. The van der Waals surface area contributed by atoms with Crippen molar-refractivity contribution in [2.24, 2.45) is 0 Å². The number of hydrogen-bond donors (Lipinski definition) is 1. The van der Waals surface area contributed by atoms with E-state index < -0.39 is 5.78 Å². The first kappa shape index (κ1) is 14.8. The normalized spacial score (nSPS) is 10.6. The number of phenolic OH excluding ortho intramolecular Hbond substituents is 1. The zero-order valence-corrected chi connectivity index (χ0v) is 11.9. The molecule has 0 fully saturated rings. The molecule has 0 aliphatic carbocycles. The first-order valence-electron chi connectivity index (χ1n) is 6.43. The Labute approximate surface area is 121 Å². The summed E-state index contributed by atoms with van der Waals surface area (Å²) in [5.41, 5.74) is 0.916. The highest BCUT2D eigenvalue weighted by Gasteiger charge is 2.26. The molecule has 5 heteroatoms. The molecule has 0 radical (unpaired) electrons. The fourth-order valence-corrected chi connectivity index (χ4v) is 2.34. The molecule has 0 spiro atoms. The predicted octanol–water partition coefficient (Wildman–Crippen LogP) is 3.04. The number of allylic oxidation sites excluding steroid dienone is 1. The molecule has 21 heavy (non-hydrogen) atoms. The molecule has 1 N–H and O–H groups in total. The quantitative estimate of drug-likeness (QED) is 0.502. The van der Waals surface area contributed by atoms with Crippen LogP contribution in [0.1, 0.15) is 29.3 Å². The van der Waals surface area contributed by atoms with Crippen LogP contribution in [0.15, 0.2) is 29.4 Å². The van der Waals surface area contributed by atoms with Gasteiger partial charge in [0.2, 0.25) is 0 Å². The van der Waals surface area contributed by atoms with Crippen LogP contribution in [0.5, 0.6) is 11.5 Å². The third-order valence-corrected chi connectivity index (χ3v) is 3.17. The molecule has 0 atom stereocenters. The standard InChI is InChI=1S/C16H16O5/c1-4-5-10-14(19)13(12(18)8-9(2)17)16(20-3)11-6-7-21-15(10)11/h4,6-7,19H,1,5,8H2,2-3H3. The first-order chi connectivity index (χ1) is 10.0. The van der Waals surface area contributed by atoms with Gasteiger partial charge in [-0.2, -0.15) is 0 Å². The van der Waals surface area contributed by atoms with Crippen LogP contribution in [-0.2, 0) is 11.2 Å². The summed E-state index contributed by atoms with van der Waals surface area (Å²) >= 11 is 0. The second kappa shape index (κ2) is 5.83. The Hall–Kier alpha value is -2.56. The van der Waals surface area contributed by atoms with Crippen molar-refractivity contribution in [3.63, 3.8) is 0 Å². The van der Waals surface area contributed by atoms with Crippen molar-refractivity contribution >= 4 is 22.5 Å². The lowest BCUT2D eigenvalue weighted by atomic mass is 9.96. The van der Waals surface area contributed by atoms with Crippen molar-refractivity contribution in [2.75, 3.05) is 7.11 Å². The van der Waals surface area contributed by atoms with Crippen LogP contribution in [0.4, 0.5) is 0 Å². The van der Waals surface area contributed by atoms with Gasteiger partial charge in [0, 0.05) is 5.56 Å². The van der Waals surface area contributed by atoms with Crippen LogP contribution < -0.4 is 4.74 Å². The van der Waals surface area contributed by atoms with E-state index in [1.54, 1.807) is 12.1 Å². The summed E-state index contributed by atoms with van der Waals surface area (Å²) in [5, 5.41) is 11.0. The van der Waals surface area contributed by atoms with Crippen LogP contribution in [0.2, 0.25) is 0 Å². The topological polar surface area (TPSA) is 76.7 Å². The van der Waals surface area contributed by atoms with Gasteiger partial charge in [0.25, 0.3) is 0 Å². The molecule has 5 nitrogen and oxygen atoms in total. The van der Waals surface area contributed by atoms with Crippen molar-refractivity contribution < 1.29 is 23.8 Å². The van der Waals surface area contributed by atoms with Gasteiger partial charge in [-0.25, -0.2) is 0 Å². The Balaban J connectivity index is 2.78. The van der Waals surface area contributed by atoms with E-state index in [0.29, 0.717) is 23.0 Å². The van der Waals surface area contributed by atoms with Gasteiger partial charge in [-0.3, -0.25) is 9.59 Å². The molecule has 0 bridgehead atoms. The minimum atomic E-state index is -0.481. The number of ether oxygens (including phenoxy) is 1. The number of phenols is 1. The second-order valence-corrected chi connectivity index (χ2v) is 4.69. The lowest BCUT2D eigenvalue weighted by molar-refractivity contribution is -0.116. The number of hydrogen-bond acceptors (Lipinski definition) is 5. The average molecular weight is 288 g/mol. The van der Waals surface area contributed by atoms with Crippen molar-refractivity contribution in [1.82, 2.24) is 0 Å². The van der Waals surface area contributed by atoms with Gasteiger partial charge in [-0.1, -0.05) is 6.08 Å². The van der Waals surface area contributed by atoms with Crippen molar-refractivity contribution in [2.45, 2.75) is 19.8 Å². The molecule has 0 amide bonds. The minimum absolute atomic E-state index is 0.0125. The smallest absolute Gasteiger partial charge is 0.177 e. The van der Waals surface area contributed by atoms with E-state index >= 15 is 0 Å². The molecule has 1 aromatic heterocycles. The van der Waals surface area contributed by atoms with Gasteiger partial charge in [0.15, 0.2) is 5.78 Å². The van der Waals surface area contributed by atoms with Crippen molar-refractivity contribution in [3.05, 3.63) is 36.1 Å². The zero-order chi connectivity index (χ0) is 15.6. The number of furan rings is 1. The van der Waals surface area contributed by atoms with Crippen LogP contribution in [0.3, 0.4) is 0 Å². The van der Waals surface area contributed by atoms with Crippen LogP contribution in [0.25, 0.3) is 11.0 Å². The van der Waals surface area contributed by atoms with Gasteiger partial charge >= 0.3 is 0 Å². The fraction of sp³-hybridized carbons (Fsp3) is 0.250. The molecule has 0 unspecified atom stereocenters. The summed E-state index contributed by atoms with van der Waals surface area (Å²) in [6.45, 7) is 4.95. The molecule has 0 saturated carbocycles. The summed E-state index contributed by atoms with van der Waals surface area (Å²) in [5.74, 6) is -0.764. The molecule has 0 saturated heterocycles.